The van der Waals surface area contributed by atoms with E-state index in [1.54, 1.807) is 24.3 Å². The second-order valence-electron chi connectivity index (χ2n) is 4.80. The molecule has 0 radical (unpaired) electrons. The predicted octanol–water partition coefficient (Wildman–Crippen LogP) is 2.37. The standard InChI is InChI=1S/C15H23NO3/c1-4-15(3,10-11-17)16-14(18)12-6-8-13(9-7-12)19-5-2/h6-9,17H,4-5,10-11H2,1-3H3,(H,16,18). The average Bonchev–Trinajstić information content (AvgIpc) is 2.40. The van der Waals surface area contributed by atoms with Crippen LogP contribution in [0.4, 0.5) is 0 Å². The lowest BCUT2D eigenvalue weighted by molar-refractivity contribution is 0.0886. The second-order valence-corrected chi connectivity index (χ2v) is 4.80. The monoisotopic (exact) mass is 265 g/mol. The normalized spacial score (nSPS) is 13.7. The number of amides is 1. The minimum absolute atomic E-state index is 0.0634. The number of ether oxygens (including phenoxy) is 1. The zero-order chi connectivity index (χ0) is 14.3. The first-order valence-corrected chi connectivity index (χ1v) is 6.71. The van der Waals surface area contributed by atoms with Crippen LogP contribution in [0.5, 0.6) is 5.75 Å². The molecular formula is C15H23NO3. The van der Waals surface area contributed by atoms with E-state index in [2.05, 4.69) is 5.32 Å². The highest BCUT2D eigenvalue weighted by Crippen LogP contribution is 2.16. The molecule has 1 atom stereocenters. The number of aliphatic hydroxyl groups excluding tert-OH is 1. The van der Waals surface area contributed by atoms with Gasteiger partial charge in [0.1, 0.15) is 5.75 Å². The Morgan fingerprint density at radius 1 is 1.32 bits per heavy atom. The number of hydrogen-bond acceptors (Lipinski definition) is 3. The molecule has 1 rings (SSSR count). The lowest BCUT2D eigenvalue weighted by Crippen LogP contribution is -2.46. The molecule has 2 N–H and O–H groups in total. The van der Waals surface area contributed by atoms with Gasteiger partial charge in [0.05, 0.1) is 6.61 Å². The summed E-state index contributed by atoms with van der Waals surface area (Å²) in [7, 11) is 0. The summed E-state index contributed by atoms with van der Waals surface area (Å²) in [6.45, 7) is 6.52. The van der Waals surface area contributed by atoms with Crippen LogP contribution < -0.4 is 10.1 Å². The Bertz CT molecular complexity index is 402. The third kappa shape index (κ3) is 4.56. The fourth-order valence-electron chi connectivity index (χ4n) is 1.79. The van der Waals surface area contributed by atoms with Crippen LogP contribution in [0.15, 0.2) is 24.3 Å². The van der Waals surface area contributed by atoms with Crippen LogP contribution in [0, 0.1) is 0 Å². The van der Waals surface area contributed by atoms with Crippen LogP contribution in [0.3, 0.4) is 0 Å². The van der Waals surface area contributed by atoms with Gasteiger partial charge in [-0.15, -0.1) is 0 Å². The summed E-state index contributed by atoms with van der Waals surface area (Å²) < 4.78 is 5.34. The van der Waals surface area contributed by atoms with Gasteiger partial charge in [0.2, 0.25) is 0 Å². The van der Waals surface area contributed by atoms with E-state index in [-0.39, 0.29) is 18.1 Å². The van der Waals surface area contributed by atoms with Crippen LogP contribution in [0.1, 0.15) is 44.0 Å². The highest BCUT2D eigenvalue weighted by molar-refractivity contribution is 5.94. The van der Waals surface area contributed by atoms with Gasteiger partial charge >= 0.3 is 0 Å². The molecular weight excluding hydrogens is 242 g/mol. The molecule has 1 amide bonds. The summed E-state index contributed by atoms with van der Waals surface area (Å²) in [6.07, 6.45) is 1.32. The first-order chi connectivity index (χ1) is 9.04. The topological polar surface area (TPSA) is 58.6 Å². The molecule has 0 heterocycles. The van der Waals surface area contributed by atoms with Gasteiger partial charge in [0.15, 0.2) is 0 Å². The van der Waals surface area contributed by atoms with Gasteiger partial charge < -0.3 is 15.2 Å². The summed E-state index contributed by atoms with van der Waals surface area (Å²) >= 11 is 0. The van der Waals surface area contributed by atoms with Crippen molar-refractivity contribution in [3.05, 3.63) is 29.8 Å². The summed E-state index contributed by atoms with van der Waals surface area (Å²) in [5.41, 5.74) is 0.228. The highest BCUT2D eigenvalue weighted by atomic mass is 16.5. The quantitative estimate of drug-likeness (QED) is 0.795. The third-order valence-corrected chi connectivity index (χ3v) is 3.29. The largest absolute Gasteiger partial charge is 0.494 e. The van der Waals surface area contributed by atoms with Crippen LogP contribution in [-0.2, 0) is 0 Å². The molecule has 1 aromatic carbocycles. The van der Waals surface area contributed by atoms with Gasteiger partial charge in [-0.3, -0.25) is 4.79 Å². The van der Waals surface area contributed by atoms with Crippen molar-refractivity contribution in [1.82, 2.24) is 5.32 Å². The van der Waals surface area contributed by atoms with E-state index in [9.17, 15) is 4.79 Å². The fourth-order valence-corrected chi connectivity index (χ4v) is 1.79. The molecule has 0 aliphatic heterocycles. The minimum Gasteiger partial charge on any atom is -0.494 e. The van der Waals surface area contributed by atoms with Crippen molar-refractivity contribution in [2.45, 2.75) is 39.2 Å². The van der Waals surface area contributed by atoms with Crippen molar-refractivity contribution in [3.8, 4) is 5.75 Å². The van der Waals surface area contributed by atoms with E-state index in [1.165, 1.54) is 0 Å². The SMILES string of the molecule is CCOc1ccc(C(=O)NC(C)(CC)CCO)cc1. The summed E-state index contributed by atoms with van der Waals surface area (Å²) in [4.78, 5) is 12.1. The van der Waals surface area contributed by atoms with Crippen molar-refractivity contribution < 1.29 is 14.6 Å². The van der Waals surface area contributed by atoms with E-state index < -0.39 is 0 Å². The molecule has 1 unspecified atom stereocenters. The number of carbonyl (C=O) groups excluding carboxylic acids is 1. The van der Waals surface area contributed by atoms with Crippen molar-refractivity contribution in [2.75, 3.05) is 13.2 Å². The van der Waals surface area contributed by atoms with E-state index in [4.69, 9.17) is 9.84 Å². The molecule has 0 fully saturated rings. The lowest BCUT2D eigenvalue weighted by atomic mass is 9.94. The second kappa shape index (κ2) is 7.14. The molecule has 0 aliphatic rings. The Kier molecular flexibility index (Phi) is 5.83. The van der Waals surface area contributed by atoms with Crippen LogP contribution in [0.25, 0.3) is 0 Å². The van der Waals surface area contributed by atoms with Crippen LogP contribution >= 0.6 is 0 Å². The number of rotatable bonds is 7. The van der Waals surface area contributed by atoms with Crippen molar-refractivity contribution in [1.29, 1.82) is 0 Å². The molecule has 1 aromatic rings. The molecule has 0 saturated heterocycles. The van der Waals surface area contributed by atoms with Gasteiger partial charge in [-0.25, -0.2) is 0 Å². The zero-order valence-corrected chi connectivity index (χ0v) is 11.9. The first kappa shape index (κ1) is 15.5. The van der Waals surface area contributed by atoms with Gasteiger partial charge in [0, 0.05) is 17.7 Å². The molecule has 4 nitrogen and oxygen atoms in total. The molecule has 106 valence electrons. The Hall–Kier alpha value is -1.55. The molecule has 0 saturated carbocycles. The number of nitrogens with one attached hydrogen (secondary N) is 1. The van der Waals surface area contributed by atoms with E-state index in [0.717, 1.165) is 12.2 Å². The van der Waals surface area contributed by atoms with E-state index in [1.807, 2.05) is 20.8 Å². The molecule has 19 heavy (non-hydrogen) atoms. The molecule has 4 heteroatoms. The van der Waals surface area contributed by atoms with Gasteiger partial charge in [0.25, 0.3) is 5.91 Å². The Morgan fingerprint density at radius 2 is 1.95 bits per heavy atom. The molecule has 0 bridgehead atoms. The maximum absolute atomic E-state index is 12.1. The zero-order valence-electron chi connectivity index (χ0n) is 11.9. The lowest BCUT2D eigenvalue weighted by Gasteiger charge is -2.29. The summed E-state index contributed by atoms with van der Waals surface area (Å²) in [5, 5.41) is 12.0. The highest BCUT2D eigenvalue weighted by Gasteiger charge is 2.24. The number of carbonyl (C=O) groups is 1. The molecule has 0 aliphatic carbocycles. The van der Waals surface area contributed by atoms with Crippen molar-refractivity contribution in [2.24, 2.45) is 0 Å². The molecule has 0 spiro atoms. The Labute approximate surface area is 114 Å². The fraction of sp³-hybridized carbons (Fsp3) is 0.533. The third-order valence-electron chi connectivity index (χ3n) is 3.29. The average molecular weight is 265 g/mol. The maximum Gasteiger partial charge on any atom is 0.251 e. The molecule has 0 aromatic heterocycles. The smallest absolute Gasteiger partial charge is 0.251 e. The summed E-state index contributed by atoms with van der Waals surface area (Å²) in [6, 6.07) is 7.06. The van der Waals surface area contributed by atoms with Crippen LogP contribution in [0.2, 0.25) is 0 Å². The Morgan fingerprint density at radius 3 is 2.42 bits per heavy atom. The first-order valence-electron chi connectivity index (χ1n) is 6.71. The van der Waals surface area contributed by atoms with Gasteiger partial charge in [-0.2, -0.15) is 0 Å². The van der Waals surface area contributed by atoms with E-state index in [0.29, 0.717) is 18.6 Å². The number of benzene rings is 1. The predicted molar refractivity (Wildman–Crippen MR) is 75.5 cm³/mol. The van der Waals surface area contributed by atoms with Crippen molar-refractivity contribution in [3.63, 3.8) is 0 Å². The summed E-state index contributed by atoms with van der Waals surface area (Å²) in [5.74, 6) is 0.633. The van der Waals surface area contributed by atoms with Crippen molar-refractivity contribution >= 4 is 5.91 Å². The number of aliphatic hydroxyl groups is 1. The van der Waals surface area contributed by atoms with Gasteiger partial charge in [-0.05, 0) is 51.0 Å². The van der Waals surface area contributed by atoms with Crippen LogP contribution in [-0.4, -0.2) is 29.8 Å². The van der Waals surface area contributed by atoms with E-state index >= 15 is 0 Å². The maximum atomic E-state index is 12.1. The number of hydrogen-bond donors (Lipinski definition) is 2. The minimum atomic E-state index is -0.371. The Balaban J connectivity index is 2.71. The van der Waals surface area contributed by atoms with Gasteiger partial charge in [-0.1, -0.05) is 6.92 Å².